The predicted molar refractivity (Wildman–Crippen MR) is 80.5 cm³/mol. The highest BCUT2D eigenvalue weighted by Gasteiger charge is 2.17. The molecule has 2 aromatic rings. The molecule has 0 saturated heterocycles. The molecule has 0 spiro atoms. The van der Waals surface area contributed by atoms with E-state index in [1.54, 1.807) is 31.3 Å². The standard InChI is InChI=1S/C13H13BrN2O3S/c1-9-12(4-3-7-15-9)16-20(17,18)10-5-6-13(19-2)11(14)8-10/h3-8,16H,1-2H3. The zero-order valence-corrected chi connectivity index (χ0v) is 13.3. The van der Waals surface area contributed by atoms with Gasteiger partial charge in [0.15, 0.2) is 0 Å². The van der Waals surface area contributed by atoms with E-state index in [0.717, 1.165) is 0 Å². The molecule has 0 amide bonds. The highest BCUT2D eigenvalue weighted by molar-refractivity contribution is 9.10. The summed E-state index contributed by atoms with van der Waals surface area (Å²) in [6, 6.07) is 7.91. The first-order valence-electron chi connectivity index (χ1n) is 5.72. The number of rotatable bonds is 4. The first-order chi connectivity index (χ1) is 9.44. The van der Waals surface area contributed by atoms with Crippen LogP contribution in [0.1, 0.15) is 5.69 Å². The number of halogens is 1. The van der Waals surface area contributed by atoms with Gasteiger partial charge in [-0.15, -0.1) is 0 Å². The Morgan fingerprint density at radius 1 is 1.30 bits per heavy atom. The maximum absolute atomic E-state index is 12.3. The van der Waals surface area contributed by atoms with Gasteiger partial charge in [-0.1, -0.05) is 0 Å². The Hall–Kier alpha value is -1.60. The molecule has 0 aliphatic heterocycles. The maximum atomic E-state index is 12.3. The van der Waals surface area contributed by atoms with Crippen molar-refractivity contribution in [3.05, 3.63) is 46.7 Å². The van der Waals surface area contributed by atoms with Crippen LogP contribution in [0.4, 0.5) is 5.69 Å². The Morgan fingerprint density at radius 2 is 2.05 bits per heavy atom. The number of anilines is 1. The van der Waals surface area contributed by atoms with Crippen LogP contribution in [0.2, 0.25) is 0 Å². The van der Waals surface area contributed by atoms with Crippen molar-refractivity contribution in [1.82, 2.24) is 4.98 Å². The molecule has 0 saturated carbocycles. The third-order valence-electron chi connectivity index (χ3n) is 2.68. The SMILES string of the molecule is COc1ccc(S(=O)(=O)Nc2cccnc2C)cc1Br. The smallest absolute Gasteiger partial charge is 0.261 e. The van der Waals surface area contributed by atoms with Gasteiger partial charge in [-0.2, -0.15) is 0 Å². The molecule has 0 aliphatic rings. The predicted octanol–water partition coefficient (Wildman–Crippen LogP) is 2.96. The summed E-state index contributed by atoms with van der Waals surface area (Å²) < 4.78 is 32.8. The van der Waals surface area contributed by atoms with E-state index < -0.39 is 10.0 Å². The van der Waals surface area contributed by atoms with Crippen molar-refractivity contribution in [3.63, 3.8) is 0 Å². The fraction of sp³-hybridized carbons (Fsp3) is 0.154. The average Bonchev–Trinajstić information content (AvgIpc) is 2.41. The minimum absolute atomic E-state index is 0.147. The first-order valence-corrected chi connectivity index (χ1v) is 7.99. The lowest BCUT2D eigenvalue weighted by Crippen LogP contribution is -2.14. The Bertz CT molecular complexity index is 732. The molecule has 20 heavy (non-hydrogen) atoms. The summed E-state index contributed by atoms with van der Waals surface area (Å²) in [6.45, 7) is 1.74. The molecule has 1 heterocycles. The second-order valence-electron chi connectivity index (χ2n) is 4.04. The van der Waals surface area contributed by atoms with Crippen molar-refractivity contribution in [2.24, 2.45) is 0 Å². The molecular formula is C13H13BrN2O3S. The zero-order chi connectivity index (χ0) is 14.8. The number of pyridine rings is 1. The van der Waals surface area contributed by atoms with E-state index in [1.165, 1.54) is 19.2 Å². The molecule has 1 aromatic heterocycles. The van der Waals surface area contributed by atoms with Crippen molar-refractivity contribution in [2.45, 2.75) is 11.8 Å². The second kappa shape index (κ2) is 5.80. The van der Waals surface area contributed by atoms with Crippen molar-refractivity contribution < 1.29 is 13.2 Å². The molecule has 5 nitrogen and oxygen atoms in total. The molecule has 1 N–H and O–H groups in total. The number of hydrogen-bond donors (Lipinski definition) is 1. The number of hydrogen-bond acceptors (Lipinski definition) is 4. The van der Waals surface area contributed by atoms with Crippen LogP contribution in [0, 0.1) is 6.92 Å². The Labute approximate surface area is 126 Å². The normalized spacial score (nSPS) is 11.2. The molecular weight excluding hydrogens is 344 g/mol. The lowest BCUT2D eigenvalue weighted by Gasteiger charge is -2.11. The summed E-state index contributed by atoms with van der Waals surface area (Å²) >= 11 is 3.27. The molecule has 0 fully saturated rings. The van der Waals surface area contributed by atoms with Crippen LogP contribution in [0.15, 0.2) is 45.9 Å². The van der Waals surface area contributed by atoms with Gasteiger partial charge in [0.25, 0.3) is 10.0 Å². The van der Waals surface area contributed by atoms with Gasteiger partial charge < -0.3 is 4.74 Å². The van der Waals surface area contributed by atoms with Gasteiger partial charge in [-0.05, 0) is 53.2 Å². The Morgan fingerprint density at radius 3 is 2.65 bits per heavy atom. The minimum atomic E-state index is -3.66. The summed E-state index contributed by atoms with van der Waals surface area (Å²) in [5.41, 5.74) is 1.07. The van der Waals surface area contributed by atoms with E-state index >= 15 is 0 Å². The molecule has 7 heteroatoms. The van der Waals surface area contributed by atoms with E-state index in [1.807, 2.05) is 0 Å². The summed E-state index contributed by atoms with van der Waals surface area (Å²) in [5.74, 6) is 0.571. The molecule has 0 aliphatic carbocycles. The van der Waals surface area contributed by atoms with Crippen molar-refractivity contribution >= 4 is 31.6 Å². The van der Waals surface area contributed by atoms with Crippen LogP contribution in [-0.4, -0.2) is 20.5 Å². The number of benzene rings is 1. The molecule has 0 unspecified atom stereocenters. The monoisotopic (exact) mass is 356 g/mol. The molecule has 0 radical (unpaired) electrons. The van der Waals surface area contributed by atoms with Crippen molar-refractivity contribution in [2.75, 3.05) is 11.8 Å². The van der Waals surface area contributed by atoms with Crippen LogP contribution in [0.3, 0.4) is 0 Å². The summed E-state index contributed by atoms with van der Waals surface area (Å²) in [4.78, 5) is 4.19. The number of ether oxygens (including phenoxy) is 1. The van der Waals surface area contributed by atoms with Crippen molar-refractivity contribution in [3.8, 4) is 5.75 Å². The highest BCUT2D eigenvalue weighted by atomic mass is 79.9. The number of sulfonamides is 1. The molecule has 0 atom stereocenters. The first kappa shape index (κ1) is 14.8. The molecule has 106 valence electrons. The van der Waals surface area contributed by atoms with Crippen LogP contribution >= 0.6 is 15.9 Å². The molecule has 0 bridgehead atoms. The summed E-state index contributed by atoms with van der Waals surface area (Å²) in [6.07, 6.45) is 1.61. The number of nitrogens with zero attached hydrogens (tertiary/aromatic N) is 1. The molecule has 2 rings (SSSR count). The Kier molecular flexibility index (Phi) is 4.29. The number of methoxy groups -OCH3 is 1. The van der Waals surface area contributed by atoms with Gasteiger partial charge in [0.05, 0.1) is 27.9 Å². The van der Waals surface area contributed by atoms with Crippen molar-refractivity contribution in [1.29, 1.82) is 0 Å². The van der Waals surface area contributed by atoms with Gasteiger partial charge in [0.1, 0.15) is 5.75 Å². The number of aromatic nitrogens is 1. The van der Waals surface area contributed by atoms with E-state index in [-0.39, 0.29) is 4.90 Å². The van der Waals surface area contributed by atoms with Crippen LogP contribution < -0.4 is 9.46 Å². The lowest BCUT2D eigenvalue weighted by atomic mass is 10.3. The molecule has 1 aromatic carbocycles. The summed E-state index contributed by atoms with van der Waals surface area (Å²) in [5, 5.41) is 0. The lowest BCUT2D eigenvalue weighted by molar-refractivity contribution is 0.411. The zero-order valence-electron chi connectivity index (χ0n) is 10.9. The Balaban J connectivity index is 2.36. The van der Waals surface area contributed by atoms with E-state index in [9.17, 15) is 8.42 Å². The fourth-order valence-corrected chi connectivity index (χ4v) is 3.45. The highest BCUT2D eigenvalue weighted by Crippen LogP contribution is 2.28. The van der Waals surface area contributed by atoms with E-state index in [2.05, 4.69) is 25.6 Å². The van der Waals surface area contributed by atoms with E-state index in [0.29, 0.717) is 21.6 Å². The average molecular weight is 357 g/mol. The van der Waals surface area contributed by atoms with Gasteiger partial charge in [-0.3, -0.25) is 9.71 Å². The van der Waals surface area contributed by atoms with Crippen LogP contribution in [-0.2, 0) is 10.0 Å². The largest absolute Gasteiger partial charge is 0.496 e. The quantitative estimate of drug-likeness (QED) is 0.914. The number of aryl methyl sites for hydroxylation is 1. The van der Waals surface area contributed by atoms with Gasteiger partial charge in [-0.25, -0.2) is 8.42 Å². The van der Waals surface area contributed by atoms with E-state index in [4.69, 9.17) is 4.74 Å². The van der Waals surface area contributed by atoms with Crippen LogP contribution in [0.25, 0.3) is 0 Å². The van der Waals surface area contributed by atoms with Crippen LogP contribution in [0.5, 0.6) is 5.75 Å². The minimum Gasteiger partial charge on any atom is -0.496 e. The van der Waals surface area contributed by atoms with Gasteiger partial charge in [0, 0.05) is 6.20 Å². The third-order valence-corrected chi connectivity index (χ3v) is 4.67. The van der Waals surface area contributed by atoms with Gasteiger partial charge >= 0.3 is 0 Å². The van der Waals surface area contributed by atoms with Gasteiger partial charge in [0.2, 0.25) is 0 Å². The fourth-order valence-electron chi connectivity index (χ4n) is 1.61. The maximum Gasteiger partial charge on any atom is 0.261 e. The topological polar surface area (TPSA) is 68.3 Å². The summed E-state index contributed by atoms with van der Waals surface area (Å²) in [7, 11) is -2.14. The third kappa shape index (κ3) is 3.10. The number of nitrogens with one attached hydrogen (secondary N) is 1. The second-order valence-corrected chi connectivity index (χ2v) is 6.57.